The van der Waals surface area contributed by atoms with Gasteiger partial charge in [-0.1, -0.05) is 12.1 Å². The van der Waals surface area contributed by atoms with Crippen LogP contribution in [0.15, 0.2) is 18.2 Å². The number of benzene rings is 1. The van der Waals surface area contributed by atoms with Crippen molar-refractivity contribution in [3.05, 3.63) is 23.8 Å². The Morgan fingerprint density at radius 2 is 2.32 bits per heavy atom. The van der Waals surface area contributed by atoms with E-state index in [-0.39, 0.29) is 6.61 Å². The molecule has 0 amide bonds. The lowest BCUT2D eigenvalue weighted by Crippen LogP contribution is -2.08. The number of para-hydroxylation sites is 1. The van der Waals surface area contributed by atoms with Crippen LogP contribution in [0.5, 0.6) is 11.5 Å². The molecule has 1 fully saturated rings. The molecule has 0 spiro atoms. The van der Waals surface area contributed by atoms with Crippen LogP contribution in [0.25, 0.3) is 0 Å². The van der Waals surface area contributed by atoms with Crippen molar-refractivity contribution in [2.75, 3.05) is 20.3 Å². The zero-order valence-corrected chi connectivity index (χ0v) is 11.4. The first-order chi connectivity index (χ1) is 9.35. The molecule has 4 heteroatoms. The van der Waals surface area contributed by atoms with Crippen LogP contribution >= 0.6 is 0 Å². The second-order valence-electron chi connectivity index (χ2n) is 4.73. The van der Waals surface area contributed by atoms with E-state index in [1.807, 2.05) is 18.2 Å². The Morgan fingerprint density at radius 1 is 1.42 bits per heavy atom. The molecule has 1 aromatic rings. The number of ether oxygens (including phenoxy) is 3. The van der Waals surface area contributed by atoms with Gasteiger partial charge in [-0.15, -0.1) is 0 Å². The van der Waals surface area contributed by atoms with E-state index in [0.717, 1.165) is 31.4 Å². The zero-order valence-electron chi connectivity index (χ0n) is 11.4. The number of aliphatic hydroxyl groups is 1. The Balaban J connectivity index is 1.83. The highest BCUT2D eigenvalue weighted by Crippen LogP contribution is 2.31. The van der Waals surface area contributed by atoms with Gasteiger partial charge in [-0.25, -0.2) is 0 Å². The average molecular weight is 266 g/mol. The lowest BCUT2D eigenvalue weighted by atomic mass is 10.1. The summed E-state index contributed by atoms with van der Waals surface area (Å²) in [6, 6.07) is 5.54. The Hall–Kier alpha value is -1.26. The van der Waals surface area contributed by atoms with E-state index in [9.17, 15) is 5.11 Å². The van der Waals surface area contributed by atoms with E-state index in [1.165, 1.54) is 6.42 Å². The van der Waals surface area contributed by atoms with Crippen LogP contribution in [-0.4, -0.2) is 31.5 Å². The molecule has 1 heterocycles. The Labute approximate surface area is 114 Å². The summed E-state index contributed by atoms with van der Waals surface area (Å²) in [5, 5.41) is 9.31. The first-order valence-electron chi connectivity index (χ1n) is 6.86. The summed E-state index contributed by atoms with van der Waals surface area (Å²) in [6.45, 7) is 1.47. The molecule has 19 heavy (non-hydrogen) atoms. The van der Waals surface area contributed by atoms with Gasteiger partial charge in [-0.05, 0) is 31.7 Å². The van der Waals surface area contributed by atoms with Crippen molar-refractivity contribution in [1.29, 1.82) is 0 Å². The largest absolute Gasteiger partial charge is 0.493 e. The second-order valence-corrected chi connectivity index (χ2v) is 4.73. The summed E-state index contributed by atoms with van der Waals surface area (Å²) in [6.07, 6.45) is 4.72. The Kier molecular flexibility index (Phi) is 5.48. The first kappa shape index (κ1) is 14.2. The van der Waals surface area contributed by atoms with E-state index in [2.05, 4.69) is 0 Å². The predicted octanol–water partition coefficient (Wildman–Crippen LogP) is 2.53. The van der Waals surface area contributed by atoms with E-state index < -0.39 is 0 Å². The van der Waals surface area contributed by atoms with Gasteiger partial charge in [0.15, 0.2) is 11.5 Å². The van der Waals surface area contributed by atoms with Crippen LogP contribution < -0.4 is 9.47 Å². The third kappa shape index (κ3) is 3.85. The maximum absolute atomic E-state index is 9.31. The number of rotatable bonds is 7. The molecule has 0 bridgehead atoms. The molecule has 1 aliphatic rings. The molecular formula is C15H22O4. The van der Waals surface area contributed by atoms with Crippen molar-refractivity contribution in [1.82, 2.24) is 0 Å². The summed E-state index contributed by atoms with van der Waals surface area (Å²) >= 11 is 0. The fourth-order valence-electron chi connectivity index (χ4n) is 2.37. The maximum atomic E-state index is 9.31. The Morgan fingerprint density at radius 3 is 3.00 bits per heavy atom. The van der Waals surface area contributed by atoms with Crippen molar-refractivity contribution in [2.24, 2.45) is 0 Å². The lowest BCUT2D eigenvalue weighted by molar-refractivity contribution is 0.0978. The SMILES string of the molecule is COc1cccc(CO)c1OCCCC1CCCO1. The molecule has 1 saturated heterocycles. The predicted molar refractivity (Wildman–Crippen MR) is 72.6 cm³/mol. The Bertz CT molecular complexity index is 363. The topological polar surface area (TPSA) is 47.9 Å². The van der Waals surface area contributed by atoms with Gasteiger partial charge in [0.05, 0.1) is 26.4 Å². The molecule has 0 aliphatic carbocycles. The van der Waals surface area contributed by atoms with Gasteiger partial charge in [0.2, 0.25) is 0 Å². The minimum absolute atomic E-state index is 0.0434. The van der Waals surface area contributed by atoms with Crippen molar-refractivity contribution in [3.63, 3.8) is 0 Å². The molecule has 0 radical (unpaired) electrons. The van der Waals surface area contributed by atoms with E-state index in [4.69, 9.17) is 14.2 Å². The van der Waals surface area contributed by atoms with Gasteiger partial charge in [0.25, 0.3) is 0 Å². The fraction of sp³-hybridized carbons (Fsp3) is 0.600. The highest BCUT2D eigenvalue weighted by atomic mass is 16.5. The molecule has 2 rings (SSSR count). The highest BCUT2D eigenvalue weighted by molar-refractivity contribution is 5.46. The molecule has 0 saturated carbocycles. The van der Waals surface area contributed by atoms with Gasteiger partial charge < -0.3 is 19.3 Å². The third-order valence-corrected chi connectivity index (χ3v) is 3.39. The van der Waals surface area contributed by atoms with E-state index in [0.29, 0.717) is 24.2 Å². The van der Waals surface area contributed by atoms with Crippen LogP contribution in [0.2, 0.25) is 0 Å². The van der Waals surface area contributed by atoms with Crippen molar-refractivity contribution < 1.29 is 19.3 Å². The molecular weight excluding hydrogens is 244 g/mol. The number of hydrogen-bond donors (Lipinski definition) is 1. The fourth-order valence-corrected chi connectivity index (χ4v) is 2.37. The second kappa shape index (κ2) is 7.36. The van der Waals surface area contributed by atoms with Crippen LogP contribution in [0, 0.1) is 0 Å². The molecule has 1 aromatic carbocycles. The maximum Gasteiger partial charge on any atom is 0.166 e. The molecule has 1 N–H and O–H groups in total. The van der Waals surface area contributed by atoms with Gasteiger partial charge in [0.1, 0.15) is 0 Å². The summed E-state index contributed by atoms with van der Waals surface area (Å²) in [5.74, 6) is 1.32. The quantitative estimate of drug-likeness (QED) is 0.770. The van der Waals surface area contributed by atoms with Gasteiger partial charge in [-0.3, -0.25) is 0 Å². The van der Waals surface area contributed by atoms with Gasteiger partial charge in [-0.2, -0.15) is 0 Å². The van der Waals surface area contributed by atoms with Crippen LogP contribution in [-0.2, 0) is 11.3 Å². The number of aliphatic hydroxyl groups excluding tert-OH is 1. The van der Waals surface area contributed by atoms with Crippen LogP contribution in [0.1, 0.15) is 31.2 Å². The minimum atomic E-state index is -0.0434. The zero-order chi connectivity index (χ0) is 13.5. The highest BCUT2D eigenvalue weighted by Gasteiger charge is 2.15. The van der Waals surface area contributed by atoms with Crippen molar-refractivity contribution in [3.8, 4) is 11.5 Å². The molecule has 1 unspecified atom stereocenters. The van der Waals surface area contributed by atoms with Gasteiger partial charge >= 0.3 is 0 Å². The number of methoxy groups -OCH3 is 1. The average Bonchev–Trinajstić information content (AvgIpc) is 2.96. The van der Waals surface area contributed by atoms with E-state index in [1.54, 1.807) is 7.11 Å². The molecule has 106 valence electrons. The van der Waals surface area contributed by atoms with Gasteiger partial charge in [0, 0.05) is 12.2 Å². The summed E-state index contributed by atoms with van der Waals surface area (Å²) in [5.41, 5.74) is 0.761. The third-order valence-electron chi connectivity index (χ3n) is 3.39. The first-order valence-corrected chi connectivity index (χ1v) is 6.86. The molecule has 4 nitrogen and oxygen atoms in total. The van der Waals surface area contributed by atoms with Crippen molar-refractivity contribution in [2.45, 2.75) is 38.4 Å². The minimum Gasteiger partial charge on any atom is -0.493 e. The smallest absolute Gasteiger partial charge is 0.166 e. The summed E-state index contributed by atoms with van der Waals surface area (Å²) in [7, 11) is 1.61. The lowest BCUT2D eigenvalue weighted by Gasteiger charge is -2.14. The molecule has 1 aliphatic heterocycles. The molecule has 0 aromatic heterocycles. The normalized spacial score (nSPS) is 18.5. The molecule has 1 atom stereocenters. The van der Waals surface area contributed by atoms with Crippen molar-refractivity contribution >= 4 is 0 Å². The van der Waals surface area contributed by atoms with E-state index >= 15 is 0 Å². The monoisotopic (exact) mass is 266 g/mol. The van der Waals surface area contributed by atoms with Crippen LogP contribution in [0.4, 0.5) is 0 Å². The number of hydrogen-bond acceptors (Lipinski definition) is 4. The summed E-state index contributed by atoms with van der Waals surface area (Å²) in [4.78, 5) is 0. The summed E-state index contributed by atoms with van der Waals surface area (Å²) < 4.78 is 16.6. The van der Waals surface area contributed by atoms with Crippen LogP contribution in [0.3, 0.4) is 0 Å². The standard InChI is InChI=1S/C15H22O4/c1-17-14-8-2-5-12(11-16)15(14)19-10-4-7-13-6-3-9-18-13/h2,5,8,13,16H,3-4,6-7,9-11H2,1H3.